The number of aliphatic hydroxyl groups excluding tert-OH is 1. The van der Waals surface area contributed by atoms with Crippen molar-refractivity contribution in [1.29, 1.82) is 0 Å². The topological polar surface area (TPSA) is 67.8 Å². The molecule has 2 rings (SSSR count). The highest BCUT2D eigenvalue weighted by molar-refractivity contribution is 5.93. The van der Waals surface area contributed by atoms with Gasteiger partial charge in [-0.15, -0.1) is 0 Å². The van der Waals surface area contributed by atoms with Crippen molar-refractivity contribution < 1.29 is 19.4 Å². The van der Waals surface area contributed by atoms with E-state index in [4.69, 9.17) is 9.47 Å². The first kappa shape index (κ1) is 16.8. The zero-order valence-electron chi connectivity index (χ0n) is 13.2. The number of nitrogens with one attached hydrogen (secondary N) is 1. The minimum absolute atomic E-state index is 0.132. The molecule has 5 nitrogen and oxygen atoms in total. The number of rotatable bonds is 6. The van der Waals surface area contributed by atoms with Crippen molar-refractivity contribution in [1.82, 2.24) is 0 Å². The van der Waals surface area contributed by atoms with Crippen molar-refractivity contribution in [3.8, 4) is 5.75 Å². The molecule has 0 unspecified atom stereocenters. The first-order valence-electron chi connectivity index (χ1n) is 7.97. The van der Waals surface area contributed by atoms with Gasteiger partial charge in [0, 0.05) is 12.3 Å². The average Bonchev–Trinajstić information content (AvgIpc) is 2.51. The molecule has 1 aliphatic carbocycles. The number of ether oxygens (including phenoxy) is 2. The van der Waals surface area contributed by atoms with Crippen LogP contribution in [0.3, 0.4) is 0 Å². The van der Waals surface area contributed by atoms with Crippen molar-refractivity contribution in [2.45, 2.75) is 57.8 Å². The molecule has 0 bridgehead atoms. The number of benzene rings is 1. The van der Waals surface area contributed by atoms with Crippen LogP contribution >= 0.6 is 0 Å². The third-order valence-electron chi connectivity index (χ3n) is 3.86. The van der Waals surface area contributed by atoms with Crippen LogP contribution in [0.5, 0.6) is 5.75 Å². The number of amides is 1. The maximum atomic E-state index is 11.8. The molecule has 3 atom stereocenters. The van der Waals surface area contributed by atoms with Crippen LogP contribution < -0.4 is 10.1 Å². The molecule has 0 heterocycles. The average molecular weight is 307 g/mol. The first-order chi connectivity index (χ1) is 10.6. The van der Waals surface area contributed by atoms with E-state index in [1.54, 1.807) is 19.1 Å². The fourth-order valence-electron chi connectivity index (χ4n) is 2.58. The smallest absolute Gasteiger partial charge is 0.253 e. The van der Waals surface area contributed by atoms with Gasteiger partial charge in [0.15, 0.2) is 0 Å². The normalized spacial score (nSPS) is 22.9. The zero-order valence-corrected chi connectivity index (χ0v) is 13.2. The molecule has 0 radical (unpaired) electrons. The Balaban J connectivity index is 1.88. The Bertz CT molecular complexity index is 474. The molecule has 0 aliphatic heterocycles. The van der Waals surface area contributed by atoms with E-state index in [9.17, 15) is 9.90 Å². The Kier molecular flexibility index (Phi) is 6.21. The van der Waals surface area contributed by atoms with Gasteiger partial charge in [0.25, 0.3) is 5.91 Å². The fraction of sp³-hybridized carbons (Fsp3) is 0.588. The number of anilines is 1. The van der Waals surface area contributed by atoms with E-state index in [0.29, 0.717) is 18.0 Å². The van der Waals surface area contributed by atoms with Gasteiger partial charge in [0.2, 0.25) is 0 Å². The third kappa shape index (κ3) is 4.71. The fourth-order valence-corrected chi connectivity index (χ4v) is 2.58. The minimum Gasteiger partial charge on any atom is -0.488 e. The van der Waals surface area contributed by atoms with E-state index in [2.05, 4.69) is 5.32 Å². The SMILES string of the molecule is CCO[C@H](C)C(=O)Nc1ccc(O[C@H]2CCCC[C@@H]2O)cc1. The Morgan fingerprint density at radius 3 is 2.64 bits per heavy atom. The molecule has 2 N–H and O–H groups in total. The van der Waals surface area contributed by atoms with Crippen molar-refractivity contribution in [2.24, 2.45) is 0 Å². The maximum absolute atomic E-state index is 11.8. The predicted molar refractivity (Wildman–Crippen MR) is 85.1 cm³/mol. The molecule has 122 valence electrons. The van der Waals surface area contributed by atoms with Gasteiger partial charge < -0.3 is 19.9 Å². The van der Waals surface area contributed by atoms with Gasteiger partial charge in [-0.05, 0) is 57.4 Å². The van der Waals surface area contributed by atoms with Gasteiger partial charge in [0.05, 0.1) is 6.10 Å². The van der Waals surface area contributed by atoms with Gasteiger partial charge in [0.1, 0.15) is 18.0 Å². The third-order valence-corrected chi connectivity index (χ3v) is 3.86. The lowest BCUT2D eigenvalue weighted by atomic mass is 9.95. The number of carbonyl (C=O) groups is 1. The summed E-state index contributed by atoms with van der Waals surface area (Å²) < 4.78 is 11.1. The zero-order chi connectivity index (χ0) is 15.9. The molecule has 1 aromatic carbocycles. The molecule has 22 heavy (non-hydrogen) atoms. The standard InChI is InChI=1S/C17H25NO4/c1-3-21-12(2)17(20)18-13-8-10-14(11-9-13)22-16-7-5-4-6-15(16)19/h8-12,15-16,19H,3-7H2,1-2H3,(H,18,20)/t12-,15+,16+/m1/s1. The summed E-state index contributed by atoms with van der Waals surface area (Å²) in [5, 5.41) is 12.7. The molecule has 1 saturated carbocycles. The molecular formula is C17H25NO4. The lowest BCUT2D eigenvalue weighted by molar-refractivity contribution is -0.126. The largest absolute Gasteiger partial charge is 0.488 e. The number of aliphatic hydroxyl groups is 1. The van der Waals surface area contributed by atoms with Crippen LogP contribution in [0.25, 0.3) is 0 Å². The highest BCUT2D eigenvalue weighted by Gasteiger charge is 2.24. The second-order valence-corrected chi connectivity index (χ2v) is 5.62. The van der Waals surface area contributed by atoms with Crippen LogP contribution in [0.15, 0.2) is 24.3 Å². The van der Waals surface area contributed by atoms with Crippen molar-refractivity contribution in [3.05, 3.63) is 24.3 Å². The number of hydrogen-bond acceptors (Lipinski definition) is 4. The summed E-state index contributed by atoms with van der Waals surface area (Å²) in [4.78, 5) is 11.8. The molecule has 1 aliphatic rings. The summed E-state index contributed by atoms with van der Waals surface area (Å²) in [5.41, 5.74) is 0.702. The monoisotopic (exact) mass is 307 g/mol. The second-order valence-electron chi connectivity index (χ2n) is 5.62. The summed E-state index contributed by atoms with van der Waals surface area (Å²) in [6.45, 7) is 4.08. The highest BCUT2D eigenvalue weighted by atomic mass is 16.5. The van der Waals surface area contributed by atoms with Gasteiger partial charge in [-0.3, -0.25) is 4.79 Å². The summed E-state index contributed by atoms with van der Waals surface area (Å²) in [5.74, 6) is 0.542. The second kappa shape index (κ2) is 8.15. The molecular weight excluding hydrogens is 282 g/mol. The van der Waals surface area contributed by atoms with Crippen LogP contribution in [0.4, 0.5) is 5.69 Å². The maximum Gasteiger partial charge on any atom is 0.253 e. The van der Waals surface area contributed by atoms with E-state index >= 15 is 0 Å². The molecule has 0 spiro atoms. The summed E-state index contributed by atoms with van der Waals surface area (Å²) in [6, 6.07) is 7.20. The Morgan fingerprint density at radius 1 is 1.32 bits per heavy atom. The van der Waals surface area contributed by atoms with Gasteiger partial charge in [-0.25, -0.2) is 0 Å². The van der Waals surface area contributed by atoms with Crippen molar-refractivity contribution >= 4 is 11.6 Å². The number of carbonyl (C=O) groups excluding carboxylic acids is 1. The van der Waals surface area contributed by atoms with Gasteiger partial charge in [-0.2, -0.15) is 0 Å². The molecule has 1 fully saturated rings. The quantitative estimate of drug-likeness (QED) is 0.848. The van der Waals surface area contributed by atoms with Crippen LogP contribution in [0.2, 0.25) is 0 Å². The molecule has 0 saturated heterocycles. The highest BCUT2D eigenvalue weighted by Crippen LogP contribution is 2.24. The van der Waals surface area contributed by atoms with E-state index in [1.807, 2.05) is 19.1 Å². The Hall–Kier alpha value is -1.59. The summed E-state index contributed by atoms with van der Waals surface area (Å²) >= 11 is 0. The molecule has 0 aromatic heterocycles. The van der Waals surface area contributed by atoms with Crippen LogP contribution in [-0.2, 0) is 9.53 Å². The Morgan fingerprint density at radius 2 is 2.00 bits per heavy atom. The van der Waals surface area contributed by atoms with Crippen molar-refractivity contribution in [3.63, 3.8) is 0 Å². The first-order valence-corrected chi connectivity index (χ1v) is 7.97. The molecule has 1 amide bonds. The van der Waals surface area contributed by atoms with Crippen LogP contribution in [-0.4, -0.2) is 35.9 Å². The van der Waals surface area contributed by atoms with Crippen molar-refractivity contribution in [2.75, 3.05) is 11.9 Å². The van der Waals surface area contributed by atoms with Gasteiger partial charge >= 0.3 is 0 Å². The summed E-state index contributed by atoms with van der Waals surface area (Å²) in [6.07, 6.45) is 2.83. The predicted octanol–water partition coefficient (Wildman–Crippen LogP) is 2.73. The van der Waals surface area contributed by atoms with E-state index in [0.717, 1.165) is 25.7 Å². The Labute approximate surface area is 131 Å². The lowest BCUT2D eigenvalue weighted by Gasteiger charge is -2.28. The lowest BCUT2D eigenvalue weighted by Crippen LogP contribution is -2.34. The minimum atomic E-state index is -0.474. The van der Waals surface area contributed by atoms with Crippen LogP contribution in [0, 0.1) is 0 Å². The molecule has 1 aromatic rings. The molecule has 5 heteroatoms. The number of hydrogen-bond donors (Lipinski definition) is 2. The van der Waals surface area contributed by atoms with E-state index < -0.39 is 6.10 Å². The van der Waals surface area contributed by atoms with Crippen LogP contribution in [0.1, 0.15) is 39.5 Å². The van der Waals surface area contributed by atoms with E-state index in [1.165, 1.54) is 0 Å². The van der Waals surface area contributed by atoms with E-state index in [-0.39, 0.29) is 18.1 Å². The van der Waals surface area contributed by atoms with Gasteiger partial charge in [-0.1, -0.05) is 6.42 Å². The summed E-state index contributed by atoms with van der Waals surface area (Å²) in [7, 11) is 0.